The average Bonchev–Trinajstić information content (AvgIpc) is 3.77. The van der Waals surface area contributed by atoms with E-state index in [2.05, 4.69) is 72.5 Å². The molecule has 0 spiro atoms. The number of aromatic amines is 1. The van der Waals surface area contributed by atoms with Gasteiger partial charge < -0.3 is 10.1 Å². The Hall–Kier alpha value is -4.06. The molecule has 0 atom stereocenters. The van der Waals surface area contributed by atoms with Crippen molar-refractivity contribution >= 4 is 35.1 Å². The minimum absolute atomic E-state index is 0.613. The van der Waals surface area contributed by atoms with Crippen LogP contribution in [0.2, 0.25) is 0 Å². The third kappa shape index (κ3) is 4.79. The van der Waals surface area contributed by atoms with Crippen LogP contribution in [0.15, 0.2) is 83.4 Å². The Balaban J connectivity index is 1.97. The zero-order chi connectivity index (χ0) is 31.7. The van der Waals surface area contributed by atoms with Crippen LogP contribution in [0.3, 0.4) is 0 Å². The molecule has 6 nitrogen and oxygen atoms in total. The van der Waals surface area contributed by atoms with E-state index in [1.54, 1.807) is 0 Å². The first-order valence-corrected chi connectivity index (χ1v) is 16.6. The number of aliphatic imine (C=N–C) groups is 3. The van der Waals surface area contributed by atoms with Crippen LogP contribution in [0.4, 0.5) is 0 Å². The van der Waals surface area contributed by atoms with E-state index in [1.807, 2.05) is 0 Å². The van der Waals surface area contributed by atoms with Gasteiger partial charge in [-0.05, 0) is 108 Å². The minimum atomic E-state index is 0.613. The van der Waals surface area contributed by atoms with E-state index in [4.69, 9.17) is 15.0 Å². The van der Waals surface area contributed by atoms with Crippen LogP contribution in [-0.2, 0) is 17.6 Å². The fraction of sp³-hybridized carbons (Fsp3) is 0.421. The molecule has 230 valence electrons. The molecule has 8 bridgehead atoms. The number of aldehydes is 1. The number of nitrogens with one attached hydrogen (secondary N) is 1. The zero-order valence-electron chi connectivity index (χ0n) is 27.7. The summed E-state index contributed by atoms with van der Waals surface area (Å²) in [5.74, 6) is 0. The summed E-state index contributed by atoms with van der Waals surface area (Å²) < 4.78 is 0. The van der Waals surface area contributed by atoms with Crippen molar-refractivity contribution in [2.45, 2.75) is 107 Å². The largest absolute Gasteiger partial charge is 0.515 e. The predicted octanol–water partition coefficient (Wildman–Crippen LogP) is 9.44. The normalized spacial score (nSPS) is 19.3. The van der Waals surface area contributed by atoms with Crippen molar-refractivity contribution in [3.05, 3.63) is 91.0 Å². The molecule has 4 aliphatic heterocycles. The van der Waals surface area contributed by atoms with Crippen molar-refractivity contribution in [1.82, 2.24) is 4.98 Å². The van der Waals surface area contributed by atoms with E-state index in [0.29, 0.717) is 11.1 Å². The highest BCUT2D eigenvalue weighted by Gasteiger charge is 2.33. The highest BCUT2D eigenvalue weighted by atomic mass is 16.2. The van der Waals surface area contributed by atoms with E-state index in [0.717, 1.165) is 137 Å². The van der Waals surface area contributed by atoms with Crippen molar-refractivity contribution in [1.29, 1.82) is 0 Å². The second kappa shape index (κ2) is 12.9. The maximum Gasteiger partial charge on any atom is 0.154 e. The number of H-pyrrole nitrogens is 1. The third-order valence-corrected chi connectivity index (χ3v) is 9.49. The van der Waals surface area contributed by atoms with Gasteiger partial charge >= 0.3 is 0 Å². The van der Waals surface area contributed by atoms with Crippen molar-refractivity contribution in [2.24, 2.45) is 15.0 Å². The number of aromatic nitrogens is 1. The lowest BCUT2D eigenvalue weighted by molar-refractivity contribution is -0.103. The van der Waals surface area contributed by atoms with Crippen LogP contribution in [0.5, 0.6) is 0 Å². The van der Waals surface area contributed by atoms with E-state index >= 15 is 0 Å². The van der Waals surface area contributed by atoms with Crippen molar-refractivity contribution < 1.29 is 9.90 Å². The van der Waals surface area contributed by atoms with Crippen molar-refractivity contribution in [2.75, 3.05) is 0 Å². The SMILES string of the molecule is CCC1=C(CC)C2=NC1=CC1=NC(=C(C=O)c3[nH]c(c(CC)c3CC)C=C3N=C(C(CC)=C3CC)/C2=C/O)C(CC)=C1CC. The van der Waals surface area contributed by atoms with Gasteiger partial charge in [0.1, 0.15) is 0 Å². The van der Waals surface area contributed by atoms with E-state index in [-0.39, 0.29) is 0 Å². The lowest BCUT2D eigenvalue weighted by Crippen LogP contribution is -2.15. The van der Waals surface area contributed by atoms with Crippen LogP contribution in [0, 0.1) is 0 Å². The molecule has 0 aliphatic carbocycles. The monoisotopic (exact) mass is 590 g/mol. The number of nitrogens with zero attached hydrogens (tertiary/aromatic N) is 3. The Morgan fingerprint density at radius 3 is 1.61 bits per heavy atom. The predicted molar refractivity (Wildman–Crippen MR) is 184 cm³/mol. The first kappa shape index (κ1) is 31.4. The molecule has 0 unspecified atom stereocenters. The molecule has 4 aliphatic rings. The summed E-state index contributed by atoms with van der Waals surface area (Å²) >= 11 is 0. The van der Waals surface area contributed by atoms with Crippen LogP contribution in [-0.4, -0.2) is 33.5 Å². The number of carbonyl (C=O) groups is 1. The summed E-state index contributed by atoms with van der Waals surface area (Å²) in [5, 5.41) is 10.8. The van der Waals surface area contributed by atoms with Gasteiger partial charge in [0.15, 0.2) is 6.29 Å². The lowest BCUT2D eigenvalue weighted by atomic mass is 9.89. The molecule has 0 amide bonds. The van der Waals surface area contributed by atoms with Crippen molar-refractivity contribution in [3.63, 3.8) is 0 Å². The van der Waals surface area contributed by atoms with E-state index in [9.17, 15) is 9.90 Å². The fourth-order valence-corrected chi connectivity index (χ4v) is 7.49. The molecule has 44 heavy (non-hydrogen) atoms. The first-order valence-electron chi connectivity index (χ1n) is 16.6. The summed E-state index contributed by atoms with van der Waals surface area (Å²) in [5.41, 5.74) is 17.3. The smallest absolute Gasteiger partial charge is 0.154 e. The second-order valence-corrected chi connectivity index (χ2v) is 11.5. The number of hydrogen-bond donors (Lipinski definition) is 2. The number of aliphatic hydroxyl groups excluding tert-OH is 1. The van der Waals surface area contributed by atoms with Gasteiger partial charge in [0.2, 0.25) is 0 Å². The van der Waals surface area contributed by atoms with Crippen molar-refractivity contribution in [3.8, 4) is 0 Å². The molecule has 6 heteroatoms. The van der Waals surface area contributed by atoms with Gasteiger partial charge in [0.25, 0.3) is 0 Å². The standard InChI is InChI=1S/C38H46N4O2/c1-9-21-25(13-5)35-29(19-43)36-27(15-7)23(11-3)33(41-36)18-34-24(12-4)28(16-8)38(42-34)30(20-44)37-26(14-6)22(10-2)32(40-37)17-31(21)39-35/h17-20,39,44H,9-16H2,1-8H3/b30-20-,32-17?,34-18?,36-29?. The fourth-order valence-electron chi connectivity index (χ4n) is 7.49. The summed E-state index contributed by atoms with van der Waals surface area (Å²) in [7, 11) is 0. The van der Waals surface area contributed by atoms with Crippen LogP contribution >= 0.6 is 0 Å². The molecular formula is C38H46N4O2. The maximum absolute atomic E-state index is 13.0. The van der Waals surface area contributed by atoms with Crippen LogP contribution in [0.1, 0.15) is 116 Å². The molecule has 0 saturated carbocycles. The molecule has 2 N–H and O–H groups in total. The quantitative estimate of drug-likeness (QED) is 0.222. The molecule has 5 heterocycles. The molecular weight excluding hydrogens is 544 g/mol. The Labute approximate surface area is 262 Å². The van der Waals surface area contributed by atoms with Gasteiger partial charge in [-0.1, -0.05) is 55.4 Å². The molecule has 1 aromatic rings. The lowest BCUT2D eigenvalue weighted by Gasteiger charge is -2.12. The Morgan fingerprint density at radius 1 is 0.636 bits per heavy atom. The van der Waals surface area contributed by atoms with Crippen LogP contribution < -0.4 is 0 Å². The number of aliphatic hydroxyl groups is 1. The molecule has 0 fully saturated rings. The maximum atomic E-state index is 13.0. The number of fused-ring (bicyclic) bond motifs is 5. The Kier molecular flexibility index (Phi) is 9.19. The number of carbonyl (C=O) groups excluding carboxylic acids is 1. The average molecular weight is 591 g/mol. The van der Waals surface area contributed by atoms with Gasteiger partial charge in [-0.25, -0.2) is 15.0 Å². The number of allylic oxidation sites excluding steroid dienone is 9. The molecule has 1 aromatic heterocycles. The van der Waals surface area contributed by atoms with Gasteiger partial charge in [-0.2, -0.15) is 0 Å². The zero-order valence-corrected chi connectivity index (χ0v) is 27.7. The summed E-state index contributed by atoms with van der Waals surface area (Å²) in [4.78, 5) is 32.3. The molecule has 0 radical (unpaired) electrons. The van der Waals surface area contributed by atoms with E-state index in [1.165, 1.54) is 17.4 Å². The van der Waals surface area contributed by atoms with Gasteiger partial charge in [0, 0.05) is 5.69 Å². The van der Waals surface area contributed by atoms with Crippen LogP contribution in [0.25, 0.3) is 11.6 Å². The molecule has 0 saturated heterocycles. The third-order valence-electron chi connectivity index (χ3n) is 9.49. The highest BCUT2D eigenvalue weighted by molar-refractivity contribution is 6.37. The summed E-state index contributed by atoms with van der Waals surface area (Å²) in [6.45, 7) is 17.2. The summed E-state index contributed by atoms with van der Waals surface area (Å²) in [6, 6.07) is 0. The topological polar surface area (TPSA) is 90.2 Å². The first-order chi connectivity index (χ1) is 21.4. The van der Waals surface area contributed by atoms with Gasteiger partial charge in [-0.15, -0.1) is 0 Å². The number of rotatable bonds is 9. The minimum Gasteiger partial charge on any atom is -0.515 e. The molecule has 0 aromatic carbocycles. The molecule has 5 rings (SSSR count). The highest BCUT2D eigenvalue weighted by Crippen LogP contribution is 2.42. The van der Waals surface area contributed by atoms with Gasteiger partial charge in [0.05, 0.1) is 57.3 Å². The van der Waals surface area contributed by atoms with Gasteiger partial charge in [-0.3, -0.25) is 4.79 Å². The number of hydrogen-bond acceptors (Lipinski definition) is 5. The second-order valence-electron chi connectivity index (χ2n) is 11.5. The summed E-state index contributed by atoms with van der Waals surface area (Å²) in [6.07, 6.45) is 12.8. The Morgan fingerprint density at radius 2 is 1.16 bits per heavy atom. The van der Waals surface area contributed by atoms with E-state index < -0.39 is 0 Å². The Bertz CT molecular complexity index is 1740.